The molecule has 0 atom stereocenters. The van der Waals surface area contributed by atoms with Crippen LogP contribution < -0.4 is 4.90 Å². The van der Waals surface area contributed by atoms with Crippen LogP contribution in [0.1, 0.15) is 43.4 Å². The minimum Gasteiger partial charge on any atom is -0.359 e. The van der Waals surface area contributed by atoms with Gasteiger partial charge in [0.1, 0.15) is 12.1 Å². The van der Waals surface area contributed by atoms with Crippen molar-refractivity contribution in [3.05, 3.63) is 17.6 Å². The smallest absolute Gasteiger partial charge is 0.135 e. The molecule has 104 valence electrons. The van der Waals surface area contributed by atoms with E-state index in [2.05, 4.69) is 37.8 Å². The number of halogens is 1. The van der Waals surface area contributed by atoms with Gasteiger partial charge in [0.05, 0.1) is 0 Å². The van der Waals surface area contributed by atoms with Crippen LogP contribution in [0.25, 0.3) is 0 Å². The molecule has 3 nitrogen and oxygen atoms in total. The van der Waals surface area contributed by atoms with Crippen molar-refractivity contribution < 1.29 is 0 Å². The van der Waals surface area contributed by atoms with E-state index < -0.39 is 0 Å². The summed E-state index contributed by atoms with van der Waals surface area (Å²) in [6.45, 7) is 1.13. The van der Waals surface area contributed by atoms with Crippen LogP contribution in [-0.2, 0) is 12.8 Å². The van der Waals surface area contributed by atoms with Gasteiger partial charge in [-0.25, -0.2) is 9.97 Å². The monoisotopic (exact) mass is 323 g/mol. The molecule has 0 amide bonds. The van der Waals surface area contributed by atoms with Gasteiger partial charge in [0.25, 0.3) is 0 Å². The number of hydrogen-bond donors (Lipinski definition) is 0. The van der Waals surface area contributed by atoms with Crippen molar-refractivity contribution in [1.82, 2.24) is 9.97 Å². The first-order valence-corrected chi connectivity index (χ1v) is 8.33. The highest BCUT2D eigenvalue weighted by Gasteiger charge is 2.28. The van der Waals surface area contributed by atoms with Crippen LogP contribution in [-0.4, -0.2) is 28.4 Å². The van der Waals surface area contributed by atoms with Gasteiger partial charge in [-0.3, -0.25) is 0 Å². The molecule has 0 aliphatic heterocycles. The average Bonchev–Trinajstić information content (AvgIpc) is 2.61. The van der Waals surface area contributed by atoms with Crippen LogP contribution in [0.2, 0.25) is 0 Å². The van der Waals surface area contributed by atoms with E-state index in [1.54, 1.807) is 6.33 Å². The lowest BCUT2D eigenvalue weighted by Gasteiger charge is -2.35. The largest absolute Gasteiger partial charge is 0.359 e. The lowest BCUT2D eigenvalue weighted by Crippen LogP contribution is -2.35. The van der Waals surface area contributed by atoms with Crippen LogP contribution in [0.15, 0.2) is 6.33 Å². The molecular weight excluding hydrogens is 302 g/mol. The quantitative estimate of drug-likeness (QED) is 0.631. The topological polar surface area (TPSA) is 29.0 Å². The molecule has 0 spiro atoms. The third kappa shape index (κ3) is 2.93. The molecule has 0 bridgehead atoms. The Morgan fingerprint density at radius 3 is 2.79 bits per heavy atom. The van der Waals surface area contributed by atoms with Crippen molar-refractivity contribution in [2.75, 3.05) is 18.5 Å². The fourth-order valence-corrected chi connectivity index (χ4v) is 4.34. The Morgan fingerprint density at radius 1 is 1.21 bits per heavy atom. The normalized spacial score (nSPS) is 26.2. The van der Waals surface area contributed by atoms with E-state index in [-0.39, 0.29) is 0 Å². The summed E-state index contributed by atoms with van der Waals surface area (Å²) in [6.07, 6.45) is 10.5. The number of rotatable bonds is 3. The Bertz CT molecular complexity index is 443. The summed E-state index contributed by atoms with van der Waals surface area (Å²) in [5.41, 5.74) is 2.71. The zero-order valence-corrected chi connectivity index (χ0v) is 13.2. The lowest BCUT2D eigenvalue weighted by molar-refractivity contribution is 0.338. The Balaban J connectivity index is 1.76. The standard InChI is InChI=1S/C15H22BrN3/c1-19(9-11-7-12(16)8-11)15-13-5-3-2-4-6-14(13)17-10-18-15/h10-12H,2-9H2,1H3. The molecule has 0 N–H and O–H groups in total. The van der Waals surface area contributed by atoms with Crippen LogP contribution in [0, 0.1) is 5.92 Å². The molecule has 19 heavy (non-hydrogen) atoms. The van der Waals surface area contributed by atoms with Crippen LogP contribution in [0.5, 0.6) is 0 Å². The molecule has 1 saturated carbocycles. The second kappa shape index (κ2) is 5.78. The molecule has 4 heteroatoms. The zero-order valence-electron chi connectivity index (χ0n) is 11.6. The number of nitrogens with zero attached hydrogens (tertiary/aromatic N) is 3. The second-order valence-corrected chi connectivity index (χ2v) is 7.29. The highest BCUT2D eigenvalue weighted by Crippen LogP contribution is 2.35. The first-order valence-electron chi connectivity index (χ1n) is 7.42. The van der Waals surface area contributed by atoms with E-state index in [4.69, 9.17) is 0 Å². The molecule has 0 unspecified atom stereocenters. The fraction of sp³-hybridized carbons (Fsp3) is 0.733. The maximum Gasteiger partial charge on any atom is 0.135 e. The van der Waals surface area contributed by atoms with Gasteiger partial charge < -0.3 is 4.90 Å². The molecule has 2 aliphatic rings. The molecule has 0 aromatic carbocycles. The highest BCUT2D eigenvalue weighted by atomic mass is 79.9. The summed E-state index contributed by atoms with van der Waals surface area (Å²) in [7, 11) is 2.19. The first-order chi connectivity index (χ1) is 9.24. The maximum atomic E-state index is 4.57. The zero-order chi connectivity index (χ0) is 13.2. The number of aryl methyl sites for hydroxylation is 1. The molecule has 0 saturated heterocycles. The van der Waals surface area contributed by atoms with E-state index >= 15 is 0 Å². The van der Waals surface area contributed by atoms with Crippen LogP contribution >= 0.6 is 15.9 Å². The Morgan fingerprint density at radius 2 is 2.00 bits per heavy atom. The summed E-state index contributed by atoms with van der Waals surface area (Å²) in [4.78, 5) is 12.2. The van der Waals surface area contributed by atoms with E-state index in [1.165, 1.54) is 49.2 Å². The van der Waals surface area contributed by atoms with Gasteiger partial charge in [0.15, 0.2) is 0 Å². The summed E-state index contributed by atoms with van der Waals surface area (Å²) < 4.78 is 0. The van der Waals surface area contributed by atoms with E-state index in [1.807, 2.05) is 0 Å². The van der Waals surface area contributed by atoms with E-state index in [9.17, 15) is 0 Å². The minimum atomic E-state index is 0.744. The Hall–Kier alpha value is -0.640. The number of anilines is 1. The lowest BCUT2D eigenvalue weighted by atomic mass is 9.85. The van der Waals surface area contributed by atoms with Crippen molar-refractivity contribution in [3.63, 3.8) is 0 Å². The van der Waals surface area contributed by atoms with Gasteiger partial charge in [-0.1, -0.05) is 22.4 Å². The number of hydrogen-bond acceptors (Lipinski definition) is 3. The molecule has 2 aliphatic carbocycles. The number of fused-ring (bicyclic) bond motifs is 1. The van der Waals surface area contributed by atoms with E-state index in [0.29, 0.717) is 0 Å². The highest BCUT2D eigenvalue weighted by molar-refractivity contribution is 9.09. The van der Waals surface area contributed by atoms with Gasteiger partial charge in [-0.2, -0.15) is 0 Å². The predicted octanol–water partition coefficient (Wildman–Crippen LogP) is 3.36. The number of aromatic nitrogens is 2. The molecule has 3 rings (SSSR count). The molecule has 1 heterocycles. The van der Waals surface area contributed by atoms with Gasteiger partial charge in [0.2, 0.25) is 0 Å². The second-order valence-electron chi connectivity index (χ2n) is 6.00. The SMILES string of the molecule is CN(CC1CC(Br)C1)c1ncnc2c1CCCCC2. The predicted molar refractivity (Wildman–Crippen MR) is 82.0 cm³/mol. The van der Waals surface area contributed by atoms with E-state index in [0.717, 1.165) is 30.1 Å². The average molecular weight is 324 g/mol. The molecule has 0 radical (unpaired) electrons. The fourth-order valence-electron chi connectivity index (χ4n) is 3.29. The van der Waals surface area contributed by atoms with Crippen LogP contribution in [0.4, 0.5) is 5.82 Å². The van der Waals surface area contributed by atoms with Gasteiger partial charge in [-0.15, -0.1) is 0 Å². The molecular formula is C15H22BrN3. The van der Waals surface area contributed by atoms with Crippen molar-refractivity contribution in [3.8, 4) is 0 Å². The summed E-state index contributed by atoms with van der Waals surface area (Å²) in [6, 6.07) is 0. The summed E-state index contributed by atoms with van der Waals surface area (Å²) in [5.74, 6) is 2.01. The first kappa shape index (κ1) is 13.3. The van der Waals surface area contributed by atoms with Crippen molar-refractivity contribution in [2.24, 2.45) is 5.92 Å². The van der Waals surface area contributed by atoms with Gasteiger partial charge in [0, 0.05) is 29.7 Å². The van der Waals surface area contributed by atoms with Crippen molar-refractivity contribution >= 4 is 21.7 Å². The third-order valence-corrected chi connectivity index (χ3v) is 5.17. The third-order valence-electron chi connectivity index (χ3n) is 4.42. The van der Waals surface area contributed by atoms with Gasteiger partial charge in [-0.05, 0) is 44.4 Å². The maximum absolute atomic E-state index is 4.57. The molecule has 1 aromatic heterocycles. The van der Waals surface area contributed by atoms with Crippen LogP contribution in [0.3, 0.4) is 0 Å². The minimum absolute atomic E-state index is 0.744. The number of alkyl halides is 1. The Labute approximate surface area is 124 Å². The van der Waals surface area contributed by atoms with Crippen molar-refractivity contribution in [2.45, 2.75) is 49.8 Å². The van der Waals surface area contributed by atoms with Crippen molar-refractivity contribution in [1.29, 1.82) is 0 Å². The summed E-state index contributed by atoms with van der Waals surface area (Å²) >= 11 is 3.67. The summed E-state index contributed by atoms with van der Waals surface area (Å²) in [5, 5.41) is 0. The molecule has 1 fully saturated rings. The Kier molecular flexibility index (Phi) is 4.06. The molecule has 1 aromatic rings. The van der Waals surface area contributed by atoms with Gasteiger partial charge >= 0.3 is 0 Å².